The summed E-state index contributed by atoms with van der Waals surface area (Å²) in [5.41, 5.74) is 0.778. The summed E-state index contributed by atoms with van der Waals surface area (Å²) >= 11 is 0. The molecular formula is C29H28F5N3O4S. The zero-order chi connectivity index (χ0) is 31.1. The number of hydrogen-bond acceptors (Lipinski definition) is 6. The second-order valence-corrected chi connectivity index (χ2v) is 12.9. The molecular weight excluding hydrogens is 581 g/mol. The second kappa shape index (κ2) is 11.3. The van der Waals surface area contributed by atoms with E-state index in [1.54, 1.807) is 0 Å². The van der Waals surface area contributed by atoms with Gasteiger partial charge < -0.3 is 10.8 Å². The molecule has 2 saturated carbocycles. The standard InChI is InChI=1S/C29H28F5N3O4S/c1-42(40,41)16-23(26(36)39)37(27(17-35)14-15-27)28(29(32,33)34,13-12-18-2-3-18)22-10-8-20(9-11-22)19-4-6-21(7-5-19)24(38)25(30)31/h4-11,18,23-25,38H,2-3,14-16H2,1H3,(H2,36,39)/t23-,24+,28-/m0/s1. The molecule has 3 atom stereocenters. The number of nitriles is 1. The van der Waals surface area contributed by atoms with Gasteiger partial charge in [0.25, 0.3) is 6.43 Å². The van der Waals surface area contributed by atoms with E-state index >= 15 is 13.2 Å². The number of nitrogens with zero attached hydrogens (tertiary/aromatic N) is 2. The molecule has 0 radical (unpaired) electrons. The van der Waals surface area contributed by atoms with Gasteiger partial charge in [0.05, 0.1) is 11.8 Å². The van der Waals surface area contributed by atoms with Crippen LogP contribution in [0.15, 0.2) is 48.5 Å². The Morgan fingerprint density at radius 2 is 1.62 bits per heavy atom. The van der Waals surface area contributed by atoms with Crippen LogP contribution in [-0.4, -0.2) is 60.5 Å². The van der Waals surface area contributed by atoms with Gasteiger partial charge in [-0.25, -0.2) is 22.1 Å². The largest absolute Gasteiger partial charge is 0.422 e. The number of aliphatic hydroxyl groups is 1. The quantitative estimate of drug-likeness (QED) is 0.309. The molecule has 0 unspecified atom stereocenters. The highest BCUT2D eigenvalue weighted by atomic mass is 32.2. The fourth-order valence-electron chi connectivity index (χ4n) is 4.95. The van der Waals surface area contributed by atoms with E-state index in [0.717, 1.165) is 18.4 Å². The van der Waals surface area contributed by atoms with Crippen LogP contribution >= 0.6 is 0 Å². The van der Waals surface area contributed by atoms with Crippen LogP contribution in [0.2, 0.25) is 0 Å². The van der Waals surface area contributed by atoms with Gasteiger partial charge in [0.15, 0.2) is 0 Å². The first-order valence-corrected chi connectivity index (χ1v) is 15.0. The highest BCUT2D eigenvalue weighted by Crippen LogP contribution is 2.55. The number of primary amides is 1. The summed E-state index contributed by atoms with van der Waals surface area (Å²) in [6.45, 7) is 0. The number of amides is 1. The molecule has 0 heterocycles. The summed E-state index contributed by atoms with van der Waals surface area (Å²) in [5.74, 6) is 2.25. The number of hydrogen-bond donors (Lipinski definition) is 2. The third-order valence-electron chi connectivity index (χ3n) is 7.43. The van der Waals surface area contributed by atoms with Crippen LogP contribution in [0, 0.1) is 29.1 Å². The zero-order valence-corrected chi connectivity index (χ0v) is 23.2. The molecule has 13 heteroatoms. The Bertz CT molecular complexity index is 1540. The van der Waals surface area contributed by atoms with Crippen molar-refractivity contribution in [1.82, 2.24) is 4.90 Å². The lowest BCUT2D eigenvalue weighted by molar-refractivity contribution is -0.228. The maximum absolute atomic E-state index is 15.5. The van der Waals surface area contributed by atoms with Crippen molar-refractivity contribution in [2.75, 3.05) is 12.0 Å². The van der Waals surface area contributed by atoms with Crippen LogP contribution in [0.4, 0.5) is 22.0 Å². The smallest absolute Gasteiger partial charge is 0.382 e. The Balaban J connectivity index is 1.90. The molecule has 2 aromatic carbocycles. The number of rotatable bonds is 10. The first-order valence-electron chi connectivity index (χ1n) is 13.0. The molecule has 0 bridgehead atoms. The minimum Gasteiger partial charge on any atom is -0.382 e. The van der Waals surface area contributed by atoms with Gasteiger partial charge in [0.2, 0.25) is 11.4 Å². The molecule has 0 aliphatic heterocycles. The summed E-state index contributed by atoms with van der Waals surface area (Å²) < 4.78 is 96.8. The number of halogens is 5. The predicted octanol–water partition coefficient (Wildman–Crippen LogP) is 4.08. The van der Waals surface area contributed by atoms with Crippen molar-refractivity contribution in [3.8, 4) is 29.0 Å². The van der Waals surface area contributed by atoms with E-state index in [0.29, 0.717) is 28.9 Å². The fourth-order valence-corrected chi connectivity index (χ4v) is 5.83. The minimum absolute atomic E-state index is 0.0398. The number of alkyl halides is 5. The van der Waals surface area contributed by atoms with Crippen LogP contribution in [0.3, 0.4) is 0 Å². The number of carbonyl (C=O) groups excluding carboxylic acids is 1. The molecule has 4 rings (SSSR count). The Kier molecular flexibility index (Phi) is 8.44. The summed E-state index contributed by atoms with van der Waals surface area (Å²) in [6, 6.07) is 10.2. The molecule has 0 spiro atoms. The normalized spacial score (nSPS) is 19.2. The number of aliphatic hydroxyl groups excluding tert-OH is 1. The van der Waals surface area contributed by atoms with E-state index in [2.05, 4.69) is 11.8 Å². The number of nitrogens with two attached hydrogens (primary N) is 1. The maximum Gasteiger partial charge on any atom is 0.422 e. The van der Waals surface area contributed by atoms with Gasteiger partial charge in [-0.15, -0.1) is 0 Å². The van der Waals surface area contributed by atoms with Crippen LogP contribution in [0.1, 0.15) is 42.9 Å². The topological polar surface area (TPSA) is 124 Å². The van der Waals surface area contributed by atoms with Gasteiger partial charge in [0, 0.05) is 12.2 Å². The molecule has 2 aliphatic rings. The summed E-state index contributed by atoms with van der Waals surface area (Å²) in [6.07, 6.45) is -8.43. The van der Waals surface area contributed by atoms with Gasteiger partial charge in [-0.2, -0.15) is 18.4 Å². The van der Waals surface area contributed by atoms with Crippen molar-refractivity contribution in [3.63, 3.8) is 0 Å². The molecule has 0 saturated heterocycles. The Hall–Kier alpha value is -3.52. The Morgan fingerprint density at radius 3 is 2.00 bits per heavy atom. The average molecular weight is 610 g/mol. The van der Waals surface area contributed by atoms with Gasteiger partial charge in [0.1, 0.15) is 27.5 Å². The molecule has 2 fully saturated rings. The second-order valence-electron chi connectivity index (χ2n) is 10.8. The van der Waals surface area contributed by atoms with Gasteiger partial charge in [-0.3, -0.25) is 4.79 Å². The van der Waals surface area contributed by atoms with Crippen LogP contribution < -0.4 is 5.73 Å². The SMILES string of the molecule is CS(=O)(=O)C[C@@H](C(N)=O)N(C1(C#N)CC1)[C@@](C#CC1CC1)(c1ccc(-c2ccc([C@@H](O)C(F)F)cc2)cc1)C(F)(F)F. The summed E-state index contributed by atoms with van der Waals surface area (Å²) in [4.78, 5) is 13.2. The van der Waals surface area contributed by atoms with Crippen molar-refractivity contribution < 1.29 is 40.3 Å². The van der Waals surface area contributed by atoms with Gasteiger partial charge in [-0.05, 0) is 47.9 Å². The van der Waals surface area contributed by atoms with Crippen LogP contribution in [0.25, 0.3) is 11.1 Å². The average Bonchev–Trinajstić information content (AvgIpc) is 3.84. The first-order chi connectivity index (χ1) is 19.5. The Labute approximate surface area is 240 Å². The lowest BCUT2D eigenvalue weighted by Crippen LogP contribution is -2.67. The molecule has 2 aliphatic carbocycles. The van der Waals surface area contributed by atoms with Crippen molar-refractivity contribution in [1.29, 1.82) is 5.26 Å². The molecule has 224 valence electrons. The first kappa shape index (κ1) is 31.4. The van der Waals surface area contributed by atoms with Crippen LogP contribution in [-0.2, 0) is 20.2 Å². The van der Waals surface area contributed by atoms with Crippen molar-refractivity contribution >= 4 is 15.7 Å². The number of carbonyl (C=O) groups is 1. The highest BCUT2D eigenvalue weighted by molar-refractivity contribution is 7.90. The monoisotopic (exact) mass is 609 g/mol. The number of benzene rings is 2. The van der Waals surface area contributed by atoms with E-state index in [4.69, 9.17) is 5.73 Å². The van der Waals surface area contributed by atoms with Crippen molar-refractivity contribution in [3.05, 3.63) is 59.7 Å². The lowest BCUT2D eigenvalue weighted by atomic mass is 9.83. The van der Waals surface area contributed by atoms with Gasteiger partial charge in [-0.1, -0.05) is 60.4 Å². The molecule has 42 heavy (non-hydrogen) atoms. The Morgan fingerprint density at radius 1 is 1.10 bits per heavy atom. The van der Waals surface area contributed by atoms with Crippen molar-refractivity contribution in [2.45, 2.75) is 61.5 Å². The molecule has 0 aromatic heterocycles. The van der Waals surface area contributed by atoms with E-state index in [-0.39, 0.29) is 24.3 Å². The molecule has 1 amide bonds. The van der Waals surface area contributed by atoms with E-state index < -0.39 is 62.9 Å². The predicted molar refractivity (Wildman–Crippen MR) is 143 cm³/mol. The lowest BCUT2D eigenvalue weighted by Gasteiger charge is -2.47. The summed E-state index contributed by atoms with van der Waals surface area (Å²) in [5, 5.41) is 19.6. The minimum atomic E-state index is -5.22. The summed E-state index contributed by atoms with van der Waals surface area (Å²) in [7, 11) is -4.05. The third kappa shape index (κ3) is 6.28. The molecule has 2 aromatic rings. The highest BCUT2D eigenvalue weighted by Gasteiger charge is 2.69. The van der Waals surface area contributed by atoms with Crippen molar-refractivity contribution in [2.24, 2.45) is 11.7 Å². The third-order valence-corrected chi connectivity index (χ3v) is 8.35. The molecule has 3 N–H and O–H groups in total. The van der Waals surface area contributed by atoms with Gasteiger partial charge >= 0.3 is 6.18 Å². The van der Waals surface area contributed by atoms with E-state index in [1.807, 2.05) is 6.07 Å². The van der Waals surface area contributed by atoms with E-state index in [9.17, 15) is 32.4 Å². The zero-order valence-electron chi connectivity index (χ0n) is 22.4. The van der Waals surface area contributed by atoms with Crippen LogP contribution in [0.5, 0.6) is 0 Å². The fraction of sp³-hybridized carbons (Fsp3) is 0.448. The number of sulfone groups is 1. The van der Waals surface area contributed by atoms with E-state index in [1.165, 1.54) is 36.4 Å². The molecule has 7 nitrogen and oxygen atoms in total. The maximum atomic E-state index is 15.5.